The zero-order valence-corrected chi connectivity index (χ0v) is 20.6. The Morgan fingerprint density at radius 1 is 1.06 bits per heavy atom. The first-order valence-electron chi connectivity index (χ1n) is 12.5. The summed E-state index contributed by atoms with van der Waals surface area (Å²) in [4.78, 5) is 26.1. The van der Waals surface area contributed by atoms with Crippen LogP contribution in [0.25, 0.3) is 22.0 Å². The highest BCUT2D eigenvalue weighted by molar-refractivity contribution is 6.00. The summed E-state index contributed by atoms with van der Waals surface area (Å²) in [6, 6.07) is 19.4. The molecule has 36 heavy (non-hydrogen) atoms. The Morgan fingerprint density at radius 2 is 1.92 bits per heavy atom. The minimum absolute atomic E-state index is 0.0552. The number of piperidine rings is 1. The average Bonchev–Trinajstić information content (AvgIpc) is 3.45. The van der Waals surface area contributed by atoms with Crippen molar-refractivity contribution in [3.8, 4) is 11.3 Å². The molecule has 2 atom stereocenters. The van der Waals surface area contributed by atoms with Crippen LogP contribution >= 0.6 is 0 Å². The van der Waals surface area contributed by atoms with Crippen molar-refractivity contribution in [3.05, 3.63) is 83.6 Å². The first-order valence-corrected chi connectivity index (χ1v) is 12.5. The first kappa shape index (κ1) is 23.8. The van der Waals surface area contributed by atoms with E-state index in [2.05, 4.69) is 50.4 Å². The fourth-order valence-electron chi connectivity index (χ4n) is 4.87. The molecule has 3 aromatic carbocycles. The van der Waals surface area contributed by atoms with Crippen LogP contribution in [0.3, 0.4) is 0 Å². The summed E-state index contributed by atoms with van der Waals surface area (Å²) in [5, 5.41) is 18.7. The highest BCUT2D eigenvalue weighted by Gasteiger charge is 2.22. The fraction of sp³-hybridized carbons (Fsp3) is 0.276. The number of aromatic nitrogens is 2. The zero-order chi connectivity index (χ0) is 25.1. The first-order chi connectivity index (χ1) is 17.5. The van der Waals surface area contributed by atoms with Crippen molar-refractivity contribution < 1.29 is 9.59 Å². The lowest BCUT2D eigenvalue weighted by atomic mass is 9.95. The molecule has 184 valence electrons. The number of rotatable bonds is 6. The fourth-order valence-corrected chi connectivity index (χ4v) is 4.87. The molecule has 0 unspecified atom stereocenters. The number of amides is 2. The third kappa shape index (κ3) is 5.02. The van der Waals surface area contributed by atoms with Crippen molar-refractivity contribution >= 4 is 28.3 Å². The molecule has 4 aromatic rings. The van der Waals surface area contributed by atoms with Crippen molar-refractivity contribution in [2.24, 2.45) is 0 Å². The van der Waals surface area contributed by atoms with Gasteiger partial charge in [0.2, 0.25) is 5.91 Å². The van der Waals surface area contributed by atoms with E-state index in [0.29, 0.717) is 11.3 Å². The van der Waals surface area contributed by atoms with Gasteiger partial charge in [-0.05, 0) is 85.5 Å². The van der Waals surface area contributed by atoms with E-state index in [4.69, 9.17) is 0 Å². The van der Waals surface area contributed by atoms with Crippen molar-refractivity contribution in [1.29, 1.82) is 0 Å². The van der Waals surface area contributed by atoms with E-state index in [0.717, 1.165) is 59.0 Å². The summed E-state index contributed by atoms with van der Waals surface area (Å²) in [6.45, 7) is 4.75. The van der Waals surface area contributed by atoms with E-state index in [1.54, 1.807) is 12.3 Å². The molecule has 0 radical (unpaired) electrons. The molecule has 0 spiro atoms. The maximum Gasteiger partial charge on any atom is 0.252 e. The number of nitrogens with zero attached hydrogens (tertiary/aromatic N) is 1. The van der Waals surface area contributed by atoms with E-state index < -0.39 is 0 Å². The normalized spacial score (nSPS) is 16.4. The van der Waals surface area contributed by atoms with Gasteiger partial charge >= 0.3 is 0 Å². The number of carbonyl (C=O) groups excluding carboxylic acids is 2. The van der Waals surface area contributed by atoms with Crippen LogP contribution < -0.4 is 16.0 Å². The van der Waals surface area contributed by atoms with Gasteiger partial charge in [0.1, 0.15) is 0 Å². The monoisotopic (exact) mass is 481 g/mol. The van der Waals surface area contributed by atoms with Gasteiger partial charge in [0, 0.05) is 23.0 Å². The summed E-state index contributed by atoms with van der Waals surface area (Å²) in [6.07, 6.45) is 4.69. The molecule has 2 heterocycles. The molecule has 1 saturated heterocycles. The van der Waals surface area contributed by atoms with E-state index >= 15 is 0 Å². The van der Waals surface area contributed by atoms with Crippen molar-refractivity contribution in [3.63, 3.8) is 0 Å². The van der Waals surface area contributed by atoms with E-state index in [1.807, 2.05) is 44.2 Å². The topological polar surface area (TPSA) is 98.9 Å². The summed E-state index contributed by atoms with van der Waals surface area (Å²) in [7, 11) is 0. The van der Waals surface area contributed by atoms with Crippen LogP contribution in [0.15, 0.2) is 66.9 Å². The predicted molar refractivity (Wildman–Crippen MR) is 143 cm³/mol. The number of benzene rings is 3. The van der Waals surface area contributed by atoms with E-state index in [-0.39, 0.29) is 23.9 Å². The Bertz CT molecular complexity index is 1390. The minimum atomic E-state index is -0.241. The molecule has 1 fully saturated rings. The predicted octanol–water partition coefficient (Wildman–Crippen LogP) is 5.11. The van der Waals surface area contributed by atoms with Crippen molar-refractivity contribution in [2.45, 2.75) is 45.2 Å². The number of hydrogen-bond donors (Lipinski definition) is 4. The quantitative estimate of drug-likeness (QED) is 0.308. The molecule has 0 saturated carbocycles. The zero-order valence-electron chi connectivity index (χ0n) is 20.6. The van der Waals surface area contributed by atoms with Gasteiger partial charge in [-0.1, -0.05) is 36.8 Å². The molecule has 7 nitrogen and oxygen atoms in total. The van der Waals surface area contributed by atoms with Crippen LogP contribution in [0.1, 0.15) is 53.7 Å². The molecular weight excluding hydrogens is 450 g/mol. The van der Waals surface area contributed by atoms with Gasteiger partial charge < -0.3 is 16.0 Å². The smallest absolute Gasteiger partial charge is 0.252 e. The highest BCUT2D eigenvalue weighted by Crippen LogP contribution is 2.31. The molecule has 4 N–H and O–H groups in total. The lowest BCUT2D eigenvalue weighted by Crippen LogP contribution is -2.43. The van der Waals surface area contributed by atoms with Crippen LogP contribution in [-0.2, 0) is 4.79 Å². The Morgan fingerprint density at radius 3 is 2.69 bits per heavy atom. The van der Waals surface area contributed by atoms with Crippen LogP contribution in [0.4, 0.5) is 5.69 Å². The summed E-state index contributed by atoms with van der Waals surface area (Å²) in [5.41, 5.74) is 4.99. The number of H-pyrrole nitrogens is 1. The second-order valence-electron chi connectivity index (χ2n) is 9.47. The van der Waals surface area contributed by atoms with Gasteiger partial charge in [-0.3, -0.25) is 14.7 Å². The molecule has 0 aliphatic carbocycles. The van der Waals surface area contributed by atoms with Gasteiger partial charge in [-0.25, -0.2) is 0 Å². The van der Waals surface area contributed by atoms with E-state index in [1.165, 1.54) is 0 Å². The van der Waals surface area contributed by atoms with Gasteiger partial charge in [0.05, 0.1) is 17.8 Å². The van der Waals surface area contributed by atoms with Crippen LogP contribution in [0, 0.1) is 6.92 Å². The summed E-state index contributed by atoms with van der Waals surface area (Å²) < 4.78 is 0. The summed E-state index contributed by atoms with van der Waals surface area (Å²) in [5.74, 6) is -0.233. The number of nitrogens with one attached hydrogen (secondary N) is 4. The van der Waals surface area contributed by atoms with Crippen molar-refractivity contribution in [2.75, 3.05) is 11.9 Å². The van der Waals surface area contributed by atoms with Gasteiger partial charge in [-0.2, -0.15) is 5.10 Å². The number of hydrogen-bond acceptors (Lipinski definition) is 4. The molecule has 1 aromatic heterocycles. The molecule has 1 aliphatic rings. The SMILES string of the molecule is Cc1ccc(NC(=O)[C@H]2CCCCN2)cc1C(=O)N[C@H](C)c1cc(-c2ccn[nH]2)cc2ccccc12. The van der Waals surface area contributed by atoms with Crippen LogP contribution in [-0.4, -0.2) is 34.6 Å². The van der Waals surface area contributed by atoms with Gasteiger partial charge in [0.25, 0.3) is 5.91 Å². The van der Waals surface area contributed by atoms with Crippen LogP contribution in [0.5, 0.6) is 0 Å². The molecular formula is C29H31N5O2. The summed E-state index contributed by atoms with van der Waals surface area (Å²) >= 11 is 0. The Hall–Kier alpha value is -3.97. The van der Waals surface area contributed by atoms with Crippen molar-refractivity contribution in [1.82, 2.24) is 20.8 Å². The molecule has 1 aliphatic heterocycles. The maximum absolute atomic E-state index is 13.4. The number of aryl methyl sites for hydroxylation is 1. The van der Waals surface area contributed by atoms with Gasteiger partial charge in [-0.15, -0.1) is 0 Å². The largest absolute Gasteiger partial charge is 0.345 e. The number of anilines is 1. The maximum atomic E-state index is 13.4. The Kier molecular flexibility index (Phi) is 6.82. The number of fused-ring (bicyclic) bond motifs is 1. The third-order valence-electron chi connectivity index (χ3n) is 6.90. The Labute approximate surface area is 210 Å². The number of carbonyl (C=O) groups is 2. The molecule has 2 amide bonds. The lowest BCUT2D eigenvalue weighted by Gasteiger charge is -2.23. The lowest BCUT2D eigenvalue weighted by molar-refractivity contribution is -0.118. The second kappa shape index (κ2) is 10.3. The van der Waals surface area contributed by atoms with E-state index in [9.17, 15) is 9.59 Å². The van der Waals surface area contributed by atoms with Crippen LogP contribution in [0.2, 0.25) is 0 Å². The molecule has 5 rings (SSSR count). The second-order valence-corrected chi connectivity index (χ2v) is 9.47. The standard InChI is InChI=1S/C29H31N5O2/c1-18-10-11-22(33-29(36)27-9-5-6-13-30-27)17-24(18)28(35)32-19(2)25-16-21(26-12-14-31-34-26)15-20-7-3-4-8-23(20)25/h3-4,7-8,10-12,14-17,19,27,30H,5-6,9,13H2,1-2H3,(H,31,34)(H,32,35)(H,33,36)/t19-,27-/m1/s1. The minimum Gasteiger partial charge on any atom is -0.345 e. The van der Waals surface area contributed by atoms with Gasteiger partial charge in [0.15, 0.2) is 0 Å². The third-order valence-corrected chi connectivity index (χ3v) is 6.90. The molecule has 0 bridgehead atoms. The highest BCUT2D eigenvalue weighted by atomic mass is 16.2. The Balaban J connectivity index is 1.38. The molecule has 7 heteroatoms. The number of aromatic amines is 1. The average molecular weight is 482 g/mol.